The van der Waals surface area contributed by atoms with Gasteiger partial charge in [-0.1, -0.05) is 30.3 Å². The molecule has 1 saturated heterocycles. The van der Waals surface area contributed by atoms with Gasteiger partial charge in [0.05, 0.1) is 12.3 Å². The van der Waals surface area contributed by atoms with Crippen molar-refractivity contribution in [3.05, 3.63) is 35.9 Å². The molecule has 0 aromatic heterocycles. The quantitative estimate of drug-likeness (QED) is 0.139. The maximum Gasteiger partial charge on any atom is 0.326 e. The molecule has 0 bridgehead atoms. The Morgan fingerprint density at radius 1 is 1.21 bits per heavy atom. The van der Waals surface area contributed by atoms with Gasteiger partial charge >= 0.3 is 5.97 Å². The van der Waals surface area contributed by atoms with Crippen LogP contribution in [0.4, 0.5) is 0 Å². The molecule has 1 fully saturated rings. The number of carbonyl (C=O) groups excluding carboxylic acids is 2. The summed E-state index contributed by atoms with van der Waals surface area (Å²) >= 11 is 0. The second kappa shape index (κ2) is 12.9. The number of guanidine groups is 1. The van der Waals surface area contributed by atoms with Crippen LogP contribution in [0.2, 0.25) is 0 Å². The Labute approximate surface area is 198 Å². The average molecular weight is 497 g/mol. The van der Waals surface area contributed by atoms with Crippen molar-refractivity contribution in [3.63, 3.8) is 0 Å². The van der Waals surface area contributed by atoms with Gasteiger partial charge in [0.25, 0.3) is 0 Å². The number of nitrogens with two attached hydrogens (primary N) is 2. The maximum absolute atomic E-state index is 13.0. The first-order chi connectivity index (χ1) is 16.1. The number of aliphatic imine (C=N–C) groups is 1. The lowest BCUT2D eigenvalue weighted by atomic mass is 10.1. The topological polar surface area (TPSA) is 197 Å². The summed E-state index contributed by atoms with van der Waals surface area (Å²) in [5.74, 6) is -2.74. The van der Waals surface area contributed by atoms with E-state index >= 15 is 0 Å². The highest BCUT2D eigenvalue weighted by atomic mass is 32.2. The SMILES string of the molecule is NC(N)=NCCC[C@H](NC(=O)CN1CCCC[C@H](NS(=O)(=O)Cc2ccccc2)C1=O)C(=O)O. The number of aliphatic carboxylic acids is 1. The van der Waals surface area contributed by atoms with E-state index in [0.717, 1.165) is 0 Å². The van der Waals surface area contributed by atoms with Crippen LogP contribution in [-0.2, 0) is 30.2 Å². The Balaban J connectivity index is 1.96. The third-order valence-corrected chi connectivity index (χ3v) is 6.57. The minimum atomic E-state index is -3.79. The number of hydrogen-bond acceptors (Lipinski definition) is 6. The number of hydrogen-bond donors (Lipinski definition) is 5. The number of likely N-dealkylation sites (tertiary alicyclic amines) is 1. The van der Waals surface area contributed by atoms with E-state index in [9.17, 15) is 27.9 Å². The van der Waals surface area contributed by atoms with Crippen LogP contribution in [0.1, 0.15) is 37.7 Å². The first kappa shape index (κ1) is 27.1. The summed E-state index contributed by atoms with van der Waals surface area (Å²) < 4.78 is 27.6. The van der Waals surface area contributed by atoms with Gasteiger partial charge in [0.1, 0.15) is 12.1 Å². The Hall–Kier alpha value is -3.19. The molecule has 34 heavy (non-hydrogen) atoms. The predicted octanol–water partition coefficient (Wildman–Crippen LogP) is -0.890. The summed E-state index contributed by atoms with van der Waals surface area (Å²) in [4.78, 5) is 42.0. The lowest BCUT2D eigenvalue weighted by molar-refractivity contribution is -0.143. The Morgan fingerprint density at radius 3 is 2.56 bits per heavy atom. The number of benzene rings is 1. The molecule has 0 aliphatic carbocycles. The van der Waals surface area contributed by atoms with Gasteiger partial charge in [0.2, 0.25) is 21.8 Å². The molecular formula is C21H32N6O6S. The second-order valence-electron chi connectivity index (χ2n) is 8.08. The highest BCUT2D eigenvalue weighted by Gasteiger charge is 2.32. The molecule has 7 N–H and O–H groups in total. The largest absolute Gasteiger partial charge is 0.480 e. The monoisotopic (exact) mass is 496 g/mol. The number of carboxylic acids is 1. The van der Waals surface area contributed by atoms with Gasteiger partial charge in [-0.25, -0.2) is 17.9 Å². The van der Waals surface area contributed by atoms with Gasteiger partial charge in [0, 0.05) is 13.1 Å². The standard InChI is InChI=1S/C21H32N6O6S/c22-21(23)24-11-6-10-17(20(30)31)25-18(28)13-27-12-5-4-9-16(19(27)29)26-34(32,33)14-15-7-2-1-3-8-15/h1-3,7-8,16-17,26H,4-6,9-14H2,(H,25,28)(H,30,31)(H4,22,23,24)/t16-,17-/m0/s1. The minimum absolute atomic E-state index is 0.105. The lowest BCUT2D eigenvalue weighted by Gasteiger charge is -2.25. The van der Waals surface area contributed by atoms with Crippen LogP contribution in [0.3, 0.4) is 0 Å². The van der Waals surface area contributed by atoms with Gasteiger partial charge in [0.15, 0.2) is 5.96 Å². The van der Waals surface area contributed by atoms with Gasteiger partial charge in [-0.15, -0.1) is 0 Å². The molecule has 13 heteroatoms. The average Bonchev–Trinajstić information content (AvgIpc) is 2.91. The molecule has 0 radical (unpaired) electrons. The molecule has 1 aliphatic heterocycles. The van der Waals surface area contributed by atoms with Crippen molar-refractivity contribution in [1.82, 2.24) is 14.9 Å². The number of nitrogens with zero attached hydrogens (tertiary/aromatic N) is 2. The summed E-state index contributed by atoms with van der Waals surface area (Å²) in [6.45, 7) is 0.121. The predicted molar refractivity (Wildman–Crippen MR) is 126 cm³/mol. The van der Waals surface area contributed by atoms with E-state index in [1.165, 1.54) is 4.90 Å². The van der Waals surface area contributed by atoms with Crippen molar-refractivity contribution < 1.29 is 27.9 Å². The van der Waals surface area contributed by atoms with E-state index in [1.807, 2.05) is 0 Å². The Morgan fingerprint density at radius 2 is 1.91 bits per heavy atom. The van der Waals surface area contributed by atoms with Gasteiger partial charge in [-0.2, -0.15) is 0 Å². The van der Waals surface area contributed by atoms with Crippen LogP contribution in [0, 0.1) is 0 Å². The zero-order valence-corrected chi connectivity index (χ0v) is 19.7. The molecule has 0 saturated carbocycles. The van der Waals surface area contributed by atoms with Crippen LogP contribution < -0.4 is 21.5 Å². The fourth-order valence-corrected chi connectivity index (χ4v) is 4.96. The molecule has 2 rings (SSSR count). The molecular weight excluding hydrogens is 464 g/mol. The molecule has 12 nitrogen and oxygen atoms in total. The van der Waals surface area contributed by atoms with Crippen molar-refractivity contribution in [3.8, 4) is 0 Å². The van der Waals surface area contributed by atoms with Crippen molar-refractivity contribution in [1.29, 1.82) is 0 Å². The van der Waals surface area contributed by atoms with E-state index in [2.05, 4.69) is 15.0 Å². The molecule has 0 spiro atoms. The normalized spacial score (nSPS) is 17.5. The molecule has 188 valence electrons. The number of carbonyl (C=O) groups is 3. The van der Waals surface area contributed by atoms with E-state index in [1.54, 1.807) is 30.3 Å². The van der Waals surface area contributed by atoms with Gasteiger partial charge in [-0.3, -0.25) is 14.6 Å². The molecule has 1 aromatic rings. The molecule has 1 aromatic carbocycles. The zero-order valence-electron chi connectivity index (χ0n) is 18.9. The smallest absolute Gasteiger partial charge is 0.326 e. The second-order valence-corrected chi connectivity index (χ2v) is 9.83. The van der Waals surface area contributed by atoms with Crippen molar-refractivity contribution in [2.75, 3.05) is 19.6 Å². The summed E-state index contributed by atoms with van der Waals surface area (Å²) in [6.07, 6.45) is 1.95. The van der Waals surface area contributed by atoms with E-state index < -0.39 is 39.9 Å². The lowest BCUT2D eigenvalue weighted by Crippen LogP contribution is -2.51. The van der Waals surface area contributed by atoms with Crippen molar-refractivity contribution >= 4 is 33.8 Å². The summed E-state index contributed by atoms with van der Waals surface area (Å²) in [7, 11) is -3.79. The number of sulfonamides is 1. The van der Waals surface area contributed by atoms with E-state index in [0.29, 0.717) is 31.2 Å². The molecule has 0 unspecified atom stereocenters. The van der Waals surface area contributed by atoms with Gasteiger partial charge < -0.3 is 26.8 Å². The Kier molecular flexibility index (Phi) is 10.3. The molecule has 1 aliphatic rings. The number of rotatable bonds is 12. The maximum atomic E-state index is 13.0. The third-order valence-electron chi connectivity index (χ3n) is 5.22. The van der Waals surface area contributed by atoms with Gasteiger partial charge in [-0.05, 0) is 37.7 Å². The third kappa shape index (κ3) is 9.35. The Bertz CT molecular complexity index is 981. The molecule has 1 heterocycles. The summed E-state index contributed by atoms with van der Waals surface area (Å²) in [6, 6.07) is 6.45. The minimum Gasteiger partial charge on any atom is -0.480 e. The van der Waals surface area contributed by atoms with E-state index in [4.69, 9.17) is 11.5 Å². The summed E-state index contributed by atoms with van der Waals surface area (Å²) in [5, 5.41) is 11.8. The highest BCUT2D eigenvalue weighted by molar-refractivity contribution is 7.88. The first-order valence-corrected chi connectivity index (χ1v) is 12.6. The van der Waals surface area contributed by atoms with Crippen LogP contribution in [0.15, 0.2) is 35.3 Å². The van der Waals surface area contributed by atoms with Crippen LogP contribution >= 0.6 is 0 Å². The molecule has 2 amide bonds. The molecule has 2 atom stereocenters. The van der Waals surface area contributed by atoms with Crippen LogP contribution in [0.25, 0.3) is 0 Å². The summed E-state index contributed by atoms with van der Waals surface area (Å²) in [5.41, 5.74) is 11.0. The van der Waals surface area contributed by atoms with Crippen LogP contribution in [0.5, 0.6) is 0 Å². The number of nitrogens with one attached hydrogen (secondary N) is 2. The fraction of sp³-hybridized carbons (Fsp3) is 0.524. The number of amides is 2. The van der Waals surface area contributed by atoms with Crippen molar-refractivity contribution in [2.45, 2.75) is 49.9 Å². The van der Waals surface area contributed by atoms with E-state index in [-0.39, 0.29) is 37.8 Å². The zero-order chi connectivity index (χ0) is 25.1. The fourth-order valence-electron chi connectivity index (χ4n) is 3.60. The first-order valence-electron chi connectivity index (χ1n) is 11.0. The number of carboxylic acid groups (broad SMARTS) is 1. The highest BCUT2D eigenvalue weighted by Crippen LogP contribution is 2.14. The van der Waals surface area contributed by atoms with Crippen LogP contribution in [-0.4, -0.2) is 73.9 Å². The van der Waals surface area contributed by atoms with Crippen molar-refractivity contribution in [2.24, 2.45) is 16.5 Å².